The van der Waals surface area contributed by atoms with Crippen LogP contribution in [0.5, 0.6) is 0 Å². The summed E-state index contributed by atoms with van der Waals surface area (Å²) in [7, 11) is 0. The van der Waals surface area contributed by atoms with Crippen LogP contribution in [0.1, 0.15) is 13.8 Å². The van der Waals surface area contributed by atoms with E-state index in [4.69, 9.17) is 5.73 Å². The summed E-state index contributed by atoms with van der Waals surface area (Å²) in [5, 5.41) is 0. The molecule has 0 spiro atoms. The summed E-state index contributed by atoms with van der Waals surface area (Å²) >= 11 is 0.750. The van der Waals surface area contributed by atoms with Crippen LogP contribution in [0.4, 0.5) is 0 Å². The van der Waals surface area contributed by atoms with Crippen molar-refractivity contribution in [3.63, 3.8) is 0 Å². The third kappa shape index (κ3) is 540. The Kier molecular flexibility index (Phi) is 14.5. The zero-order valence-electron chi connectivity index (χ0n) is 5.65. The Labute approximate surface area is 53.0 Å². The Morgan fingerprint density at radius 1 is 1.29 bits per heavy atom. The van der Waals surface area contributed by atoms with Crippen molar-refractivity contribution in [1.82, 2.24) is 0 Å². The molecule has 42 valence electrons. The Bertz CT molecular complexity index is 19.3. The number of hydrogen-bond acceptors (Lipinski definition) is 0. The van der Waals surface area contributed by atoms with Crippen LogP contribution >= 0.6 is 0 Å². The molecule has 0 aliphatic heterocycles. The molecule has 0 aromatic heterocycles. The molecule has 0 radical (unpaired) electrons. The minimum atomic E-state index is 0.0833. The van der Waals surface area contributed by atoms with E-state index in [0.717, 1.165) is 15.2 Å². The van der Waals surface area contributed by atoms with Crippen molar-refractivity contribution in [3.05, 3.63) is 5.73 Å². The number of nitrogens with one attached hydrogen (secondary N) is 1. The van der Waals surface area contributed by atoms with Crippen LogP contribution in [0.3, 0.4) is 0 Å². The maximum atomic E-state index is 6.58. The molecule has 2 heteroatoms. The molecular formula is C5H14AlN. The summed E-state index contributed by atoms with van der Waals surface area (Å²) in [6.45, 7) is 3.67. The molecule has 0 fully saturated rings. The fraction of sp³-hybridized carbons (Fsp3) is 1.00. The van der Waals surface area contributed by atoms with Crippen LogP contribution in [-0.2, 0) is 0 Å². The predicted octanol–water partition coefficient (Wildman–Crippen LogP) is 2.23. The molecule has 0 aromatic carbocycles. The van der Waals surface area contributed by atoms with Crippen molar-refractivity contribution < 1.29 is 0 Å². The molecule has 0 saturated carbocycles. The summed E-state index contributed by atoms with van der Waals surface area (Å²) in [5.41, 5.74) is 6.58. The Morgan fingerprint density at radius 3 is 1.29 bits per heavy atom. The topological polar surface area (TPSA) is 23.8 Å². The molecule has 0 saturated heterocycles. The summed E-state index contributed by atoms with van der Waals surface area (Å²) in [4.78, 5) is 0. The van der Waals surface area contributed by atoms with E-state index in [9.17, 15) is 0 Å². The SMILES string of the molecule is CC(C)[NH-].[CH3][Al+][CH3]. The van der Waals surface area contributed by atoms with Gasteiger partial charge < -0.3 is 5.73 Å². The fourth-order valence-corrected chi connectivity index (χ4v) is 0. The van der Waals surface area contributed by atoms with Crippen molar-refractivity contribution in [2.75, 3.05) is 0 Å². The summed E-state index contributed by atoms with van der Waals surface area (Å²) in [5.74, 6) is 4.42. The Morgan fingerprint density at radius 2 is 1.29 bits per heavy atom. The van der Waals surface area contributed by atoms with Gasteiger partial charge in [0.15, 0.2) is 0 Å². The molecule has 0 heterocycles. The quantitative estimate of drug-likeness (QED) is 0.432. The zero-order chi connectivity index (χ0) is 6.28. The third-order valence-electron chi connectivity index (χ3n) is 0. The molecule has 0 aliphatic rings. The van der Waals surface area contributed by atoms with E-state index < -0.39 is 0 Å². The van der Waals surface area contributed by atoms with E-state index >= 15 is 0 Å². The van der Waals surface area contributed by atoms with Gasteiger partial charge in [-0.2, -0.15) is 0 Å². The van der Waals surface area contributed by atoms with Gasteiger partial charge in [-0.25, -0.2) is 0 Å². The molecule has 0 bridgehead atoms. The Balaban J connectivity index is 0. The molecule has 0 rings (SSSR count). The fourth-order valence-electron chi connectivity index (χ4n) is 0. The van der Waals surface area contributed by atoms with Gasteiger partial charge in [0, 0.05) is 0 Å². The predicted molar refractivity (Wildman–Crippen MR) is 36.9 cm³/mol. The maximum absolute atomic E-state index is 6.58. The molecule has 1 nitrogen and oxygen atoms in total. The van der Waals surface area contributed by atoms with Gasteiger partial charge in [-0.1, -0.05) is 13.8 Å². The van der Waals surface area contributed by atoms with Gasteiger partial charge in [0.05, 0.1) is 0 Å². The van der Waals surface area contributed by atoms with Crippen molar-refractivity contribution in [3.8, 4) is 0 Å². The minimum absolute atomic E-state index is 0.0833. The van der Waals surface area contributed by atoms with Gasteiger partial charge in [-0.3, -0.25) is 0 Å². The van der Waals surface area contributed by atoms with Crippen LogP contribution in [0.2, 0.25) is 11.6 Å². The average molecular weight is 115 g/mol. The second-order valence-corrected chi connectivity index (χ2v) is 2.89. The first-order valence-electron chi connectivity index (χ1n) is 2.60. The molecule has 0 aliphatic carbocycles. The monoisotopic (exact) mass is 115 g/mol. The van der Waals surface area contributed by atoms with Crippen molar-refractivity contribution in [2.24, 2.45) is 0 Å². The first-order chi connectivity index (χ1) is 3.15. The Hall–Kier alpha value is 0.492. The standard InChI is InChI=1S/C3H8N.2CH3.Al/c1-3(2)4;;;/h3-4H,1-2H3;2*1H3;/q-1;;;+1. The molecular weight excluding hydrogens is 101 g/mol. The van der Waals surface area contributed by atoms with Gasteiger partial charge in [-0.15, -0.1) is 6.04 Å². The zero-order valence-corrected chi connectivity index (χ0v) is 6.81. The molecule has 0 amide bonds. The molecule has 0 atom stereocenters. The number of rotatable bonds is 0. The van der Waals surface area contributed by atoms with E-state index in [1.807, 2.05) is 13.8 Å². The van der Waals surface area contributed by atoms with Crippen LogP contribution in [0.15, 0.2) is 0 Å². The van der Waals surface area contributed by atoms with Gasteiger partial charge in [0.2, 0.25) is 0 Å². The van der Waals surface area contributed by atoms with E-state index in [1.165, 1.54) is 0 Å². The average Bonchev–Trinajstić information content (AvgIpc) is 1.33. The summed E-state index contributed by atoms with van der Waals surface area (Å²) in [6, 6.07) is 0.0833. The first-order valence-corrected chi connectivity index (χ1v) is 4.91. The van der Waals surface area contributed by atoms with Crippen LogP contribution in [0, 0.1) is 0 Å². The molecule has 7 heavy (non-hydrogen) atoms. The van der Waals surface area contributed by atoms with E-state index in [0.29, 0.717) is 0 Å². The van der Waals surface area contributed by atoms with Gasteiger partial charge in [0.25, 0.3) is 0 Å². The second kappa shape index (κ2) is 9.70. The van der Waals surface area contributed by atoms with E-state index in [-0.39, 0.29) is 6.04 Å². The third-order valence-corrected chi connectivity index (χ3v) is 0. The first kappa shape index (κ1) is 10.5. The van der Waals surface area contributed by atoms with E-state index in [1.54, 1.807) is 0 Å². The number of hydrogen-bond donors (Lipinski definition) is 0. The second-order valence-electron chi connectivity index (χ2n) is 1.73. The molecule has 0 aromatic rings. The van der Waals surface area contributed by atoms with Crippen LogP contribution in [-0.4, -0.2) is 21.3 Å². The van der Waals surface area contributed by atoms with E-state index in [2.05, 4.69) is 11.6 Å². The van der Waals surface area contributed by atoms with Crippen molar-refractivity contribution in [2.45, 2.75) is 31.5 Å². The normalized spacial score (nSPS) is 6.57. The summed E-state index contributed by atoms with van der Waals surface area (Å²) in [6.07, 6.45) is 0. The van der Waals surface area contributed by atoms with Crippen LogP contribution in [0.25, 0.3) is 5.73 Å². The molecule has 1 N–H and O–H groups in total. The van der Waals surface area contributed by atoms with Crippen molar-refractivity contribution in [1.29, 1.82) is 0 Å². The van der Waals surface area contributed by atoms with Gasteiger partial charge >= 0.3 is 26.8 Å². The summed E-state index contributed by atoms with van der Waals surface area (Å²) < 4.78 is 0. The van der Waals surface area contributed by atoms with Gasteiger partial charge in [-0.05, 0) is 0 Å². The van der Waals surface area contributed by atoms with Gasteiger partial charge in [0.1, 0.15) is 0 Å². The van der Waals surface area contributed by atoms with Crippen molar-refractivity contribution >= 4 is 15.2 Å². The molecule has 0 unspecified atom stereocenters. The van der Waals surface area contributed by atoms with Crippen LogP contribution < -0.4 is 0 Å².